The van der Waals surface area contributed by atoms with Crippen LogP contribution in [-0.2, 0) is 27.0 Å². The molecule has 1 unspecified atom stereocenters. The van der Waals surface area contributed by atoms with Gasteiger partial charge in [0, 0.05) is 0 Å². The lowest BCUT2D eigenvalue weighted by atomic mass is 10.2. The van der Waals surface area contributed by atoms with Crippen molar-refractivity contribution in [1.29, 1.82) is 0 Å². The standard InChI is InChI=1S/C13H17NO4S/c1-19(2)9-11(12(15)16)14-13(17)18-8-10-6-4-3-5-7-10/h3-7,11H,8-9H2,1-2H3,(H-,14,15,16,17)/p+1. The number of alkyl carbamates (subject to hydrolysis) is 1. The number of carbonyl (C=O) groups excluding carboxylic acids is 1. The number of aliphatic carboxylic acids is 1. The van der Waals surface area contributed by atoms with Crippen molar-refractivity contribution in [3.05, 3.63) is 35.9 Å². The molecule has 0 heterocycles. The fourth-order valence-corrected chi connectivity index (χ4v) is 2.31. The molecule has 1 aromatic rings. The Labute approximate surface area is 115 Å². The number of ether oxygens (including phenoxy) is 1. The number of benzene rings is 1. The number of hydrogen-bond acceptors (Lipinski definition) is 3. The highest BCUT2D eigenvalue weighted by Gasteiger charge is 2.25. The smallest absolute Gasteiger partial charge is 0.408 e. The van der Waals surface area contributed by atoms with Gasteiger partial charge in [0.1, 0.15) is 12.4 Å². The number of carboxylic acids is 1. The summed E-state index contributed by atoms with van der Waals surface area (Å²) in [6.45, 7) is 0.128. The Balaban J connectivity index is 2.42. The number of hydrogen-bond donors (Lipinski definition) is 2. The third-order valence-electron chi connectivity index (χ3n) is 2.30. The van der Waals surface area contributed by atoms with E-state index in [0.29, 0.717) is 5.75 Å². The van der Waals surface area contributed by atoms with Crippen LogP contribution in [0.15, 0.2) is 30.3 Å². The summed E-state index contributed by atoms with van der Waals surface area (Å²) >= 11 is 0. The Morgan fingerprint density at radius 3 is 2.47 bits per heavy atom. The molecule has 0 bridgehead atoms. The molecular formula is C13H18NO4S+. The van der Waals surface area contributed by atoms with Crippen LogP contribution in [-0.4, -0.2) is 41.5 Å². The minimum Gasteiger partial charge on any atom is -0.480 e. The maximum Gasteiger partial charge on any atom is 0.408 e. The number of rotatable bonds is 6. The van der Waals surface area contributed by atoms with Crippen LogP contribution in [0.25, 0.3) is 0 Å². The lowest BCUT2D eigenvalue weighted by Gasteiger charge is -2.12. The van der Waals surface area contributed by atoms with E-state index in [0.717, 1.165) is 5.56 Å². The minimum atomic E-state index is -1.04. The number of nitrogens with one attached hydrogen (secondary N) is 1. The van der Waals surface area contributed by atoms with Crippen LogP contribution < -0.4 is 5.32 Å². The number of amides is 1. The second kappa shape index (κ2) is 7.68. The third kappa shape index (κ3) is 6.15. The Bertz CT molecular complexity index is 422. The lowest BCUT2D eigenvalue weighted by Crippen LogP contribution is -2.45. The summed E-state index contributed by atoms with van der Waals surface area (Å²) < 4.78 is 4.98. The van der Waals surface area contributed by atoms with Crippen molar-refractivity contribution >= 4 is 23.0 Å². The molecule has 1 aromatic carbocycles. The van der Waals surface area contributed by atoms with Gasteiger partial charge in [-0.05, 0) is 16.5 Å². The summed E-state index contributed by atoms with van der Waals surface area (Å²) in [5.74, 6) is -0.645. The largest absolute Gasteiger partial charge is 0.480 e. The average molecular weight is 284 g/mol. The van der Waals surface area contributed by atoms with Crippen molar-refractivity contribution < 1.29 is 19.4 Å². The van der Waals surface area contributed by atoms with Crippen molar-refractivity contribution in [2.45, 2.75) is 12.6 Å². The zero-order valence-electron chi connectivity index (χ0n) is 11.0. The van der Waals surface area contributed by atoms with Crippen LogP contribution in [0.4, 0.5) is 4.79 Å². The summed E-state index contributed by atoms with van der Waals surface area (Å²) in [4.78, 5) is 22.5. The van der Waals surface area contributed by atoms with Gasteiger partial charge >= 0.3 is 12.1 Å². The van der Waals surface area contributed by atoms with Gasteiger partial charge in [0.2, 0.25) is 0 Å². The zero-order chi connectivity index (χ0) is 14.3. The van der Waals surface area contributed by atoms with Crippen molar-refractivity contribution in [1.82, 2.24) is 5.32 Å². The van der Waals surface area contributed by atoms with E-state index in [2.05, 4.69) is 5.32 Å². The first-order chi connectivity index (χ1) is 8.99. The second-order valence-corrected chi connectivity index (χ2v) is 6.55. The first-order valence-electron chi connectivity index (χ1n) is 5.73. The molecule has 6 heteroatoms. The summed E-state index contributed by atoms with van der Waals surface area (Å²) in [6.07, 6.45) is 3.14. The van der Waals surface area contributed by atoms with Crippen LogP contribution in [0.5, 0.6) is 0 Å². The molecule has 1 amide bonds. The van der Waals surface area contributed by atoms with E-state index in [1.54, 1.807) is 0 Å². The SMILES string of the molecule is C[S+](C)CC(NC(=O)OCc1ccccc1)C(=O)O. The quantitative estimate of drug-likeness (QED) is 0.771. The second-order valence-electron chi connectivity index (χ2n) is 4.25. The average Bonchev–Trinajstić information content (AvgIpc) is 2.36. The monoisotopic (exact) mass is 284 g/mol. The predicted octanol–water partition coefficient (Wildman–Crippen LogP) is 1.24. The van der Waals surface area contributed by atoms with E-state index in [4.69, 9.17) is 9.84 Å². The molecule has 0 aliphatic rings. The molecule has 0 spiro atoms. The van der Waals surface area contributed by atoms with Crippen LogP contribution in [0.2, 0.25) is 0 Å². The zero-order valence-corrected chi connectivity index (χ0v) is 11.8. The fraction of sp³-hybridized carbons (Fsp3) is 0.385. The first-order valence-corrected chi connectivity index (χ1v) is 7.94. The van der Waals surface area contributed by atoms with Gasteiger partial charge in [0.15, 0.2) is 6.04 Å². The van der Waals surface area contributed by atoms with E-state index < -0.39 is 18.1 Å². The van der Waals surface area contributed by atoms with Gasteiger partial charge in [-0.1, -0.05) is 30.3 Å². The highest BCUT2D eigenvalue weighted by atomic mass is 32.2. The molecule has 2 N–H and O–H groups in total. The Morgan fingerprint density at radius 2 is 1.95 bits per heavy atom. The number of carbonyl (C=O) groups is 2. The summed E-state index contributed by atoms with van der Waals surface area (Å²) in [5, 5.41) is 11.4. The van der Waals surface area contributed by atoms with Crippen LogP contribution in [0.1, 0.15) is 5.56 Å². The Hall–Kier alpha value is -1.69. The maximum absolute atomic E-state index is 11.5. The number of carboxylic acid groups (broad SMARTS) is 1. The molecule has 0 aliphatic carbocycles. The molecule has 5 nitrogen and oxygen atoms in total. The Kier molecular flexibility index (Phi) is 6.21. The third-order valence-corrected chi connectivity index (χ3v) is 3.30. The molecule has 19 heavy (non-hydrogen) atoms. The van der Waals surface area contributed by atoms with Crippen molar-refractivity contribution in [3.8, 4) is 0 Å². The highest BCUT2D eigenvalue weighted by Crippen LogP contribution is 2.01. The first kappa shape index (κ1) is 15.4. The molecule has 0 aromatic heterocycles. The van der Waals surface area contributed by atoms with Gasteiger partial charge in [0.05, 0.1) is 12.5 Å². The van der Waals surface area contributed by atoms with E-state index in [-0.39, 0.29) is 17.5 Å². The molecule has 1 atom stereocenters. The molecule has 0 saturated heterocycles. The van der Waals surface area contributed by atoms with Crippen LogP contribution in [0.3, 0.4) is 0 Å². The summed E-state index contributed by atoms with van der Waals surface area (Å²) in [7, 11) is -0.0737. The van der Waals surface area contributed by atoms with Crippen molar-refractivity contribution in [2.24, 2.45) is 0 Å². The fourth-order valence-electron chi connectivity index (χ4n) is 1.42. The van der Waals surface area contributed by atoms with Crippen LogP contribution >= 0.6 is 0 Å². The van der Waals surface area contributed by atoms with E-state index in [9.17, 15) is 9.59 Å². The highest BCUT2D eigenvalue weighted by molar-refractivity contribution is 7.95. The maximum atomic E-state index is 11.5. The Morgan fingerprint density at radius 1 is 1.32 bits per heavy atom. The topological polar surface area (TPSA) is 75.6 Å². The molecule has 1 rings (SSSR count). The predicted molar refractivity (Wildman–Crippen MR) is 75.3 cm³/mol. The molecule has 104 valence electrons. The molecule has 0 radical (unpaired) electrons. The van der Waals surface area contributed by atoms with E-state index >= 15 is 0 Å². The normalized spacial score (nSPS) is 11.9. The van der Waals surface area contributed by atoms with Gasteiger partial charge in [-0.2, -0.15) is 0 Å². The van der Waals surface area contributed by atoms with Gasteiger partial charge in [0.25, 0.3) is 0 Å². The molecule has 0 fully saturated rings. The summed E-state index contributed by atoms with van der Waals surface area (Å²) in [6, 6.07) is 8.32. The van der Waals surface area contributed by atoms with Crippen molar-refractivity contribution in [3.63, 3.8) is 0 Å². The molecule has 0 aliphatic heterocycles. The lowest BCUT2D eigenvalue weighted by molar-refractivity contribution is -0.138. The molecular weight excluding hydrogens is 266 g/mol. The van der Waals surface area contributed by atoms with Gasteiger partial charge in [-0.25, -0.2) is 9.59 Å². The molecule has 0 saturated carbocycles. The van der Waals surface area contributed by atoms with Gasteiger partial charge < -0.3 is 15.2 Å². The van der Waals surface area contributed by atoms with Gasteiger partial charge in [-0.15, -0.1) is 0 Å². The van der Waals surface area contributed by atoms with Crippen molar-refractivity contribution in [2.75, 3.05) is 18.3 Å². The van der Waals surface area contributed by atoms with Crippen LogP contribution in [0, 0.1) is 0 Å². The summed E-state index contributed by atoms with van der Waals surface area (Å²) in [5.41, 5.74) is 0.857. The van der Waals surface area contributed by atoms with E-state index in [1.165, 1.54) is 0 Å². The minimum absolute atomic E-state index is 0.0737. The van der Waals surface area contributed by atoms with E-state index in [1.807, 2.05) is 42.8 Å². The van der Waals surface area contributed by atoms with Gasteiger partial charge in [-0.3, -0.25) is 0 Å².